The Morgan fingerprint density at radius 3 is 1.46 bits per heavy atom. The van der Waals surface area contributed by atoms with Crippen LogP contribution in [0.15, 0.2) is 223 Å². The molecule has 16 nitrogen and oxygen atoms in total. The molecule has 10 aromatic carbocycles. The predicted octanol–water partition coefficient (Wildman–Crippen LogP) is 20.7. The number of H-pyrrole nitrogens is 1. The average molecular weight is 1750 g/mol. The number of anilines is 3. The van der Waals surface area contributed by atoms with Crippen LogP contribution >= 0.6 is 94.0 Å². The van der Waals surface area contributed by atoms with Crippen molar-refractivity contribution in [1.29, 1.82) is 0 Å². The van der Waals surface area contributed by atoms with Crippen molar-refractivity contribution in [3.05, 3.63) is 245 Å². The summed E-state index contributed by atoms with van der Waals surface area (Å²) < 4.78 is 3.10. The van der Waals surface area contributed by atoms with Gasteiger partial charge in [-0.05, 0) is 242 Å². The van der Waals surface area contributed by atoms with Crippen LogP contribution in [0.1, 0.15) is 98.3 Å². The van der Waals surface area contributed by atoms with Gasteiger partial charge in [0.2, 0.25) is 0 Å². The summed E-state index contributed by atoms with van der Waals surface area (Å²) in [6, 6.07) is 64.8. The molecule has 2 atom stereocenters. The summed E-state index contributed by atoms with van der Waals surface area (Å²) in [4.78, 5) is 66.2. The van der Waals surface area contributed by atoms with E-state index in [-0.39, 0.29) is 16.8 Å². The number of aromatic nitrogens is 4. The molecular weight excluding hydrogens is 1660 g/mol. The number of nitrogens with zero attached hydrogens (tertiary/aromatic N) is 5. The molecule has 0 radical (unpaired) electrons. The number of aldehydes is 1. The fourth-order valence-electron chi connectivity index (χ4n) is 10.7. The van der Waals surface area contributed by atoms with E-state index in [1.807, 2.05) is 103 Å². The first-order chi connectivity index (χ1) is 49.4. The van der Waals surface area contributed by atoms with Crippen LogP contribution in [0.4, 0.5) is 17.2 Å². The number of hydrogen-bond acceptors (Lipinski definition) is 13. The Kier molecular flexibility index (Phi) is 36.0. The summed E-state index contributed by atoms with van der Waals surface area (Å²) >= 11 is 12.1. The Hall–Kier alpha value is -7.34. The van der Waals surface area contributed by atoms with Crippen LogP contribution in [0.2, 0.25) is 0 Å². The van der Waals surface area contributed by atoms with Gasteiger partial charge in [-0.2, -0.15) is 0 Å². The van der Waals surface area contributed by atoms with Gasteiger partial charge in [0.05, 0.1) is 38.9 Å². The number of hydrogen-bond donors (Lipinski definition) is 7. The minimum atomic E-state index is -1.33. The van der Waals surface area contributed by atoms with E-state index in [2.05, 4.69) is 185 Å². The summed E-state index contributed by atoms with van der Waals surface area (Å²) in [5.74, 6) is 0.700. The van der Waals surface area contributed by atoms with E-state index in [1.54, 1.807) is 36.4 Å². The molecule has 2 heterocycles. The second kappa shape index (κ2) is 43.8. The van der Waals surface area contributed by atoms with E-state index in [0.29, 0.717) is 49.0 Å². The number of carboxylic acids is 1. The summed E-state index contributed by atoms with van der Waals surface area (Å²) in [7, 11) is 14.7. The zero-order chi connectivity index (χ0) is 75.1. The third-order valence-electron chi connectivity index (χ3n) is 16.3. The number of carboxylic acid groups (broad SMARTS) is 1. The Labute approximate surface area is 652 Å². The molecule has 0 saturated carbocycles. The van der Waals surface area contributed by atoms with Crippen molar-refractivity contribution in [2.45, 2.75) is 79.3 Å². The predicted molar refractivity (Wildman–Crippen MR) is 443 cm³/mol. The third-order valence-corrected chi connectivity index (χ3v) is 19.0. The molecule has 12 rings (SSSR count). The van der Waals surface area contributed by atoms with Gasteiger partial charge in [0.15, 0.2) is 5.82 Å². The van der Waals surface area contributed by atoms with Crippen LogP contribution in [0.5, 0.6) is 0 Å². The number of nitrogens with two attached hydrogens (primary N) is 4. The molecule has 0 bridgehead atoms. The van der Waals surface area contributed by atoms with Crippen LogP contribution in [-0.2, 0) is 11.2 Å². The second-order valence-electron chi connectivity index (χ2n) is 23.5. The number of para-hydroxylation sites is 4. The molecular formula is C79H85Br4Cl3FeN11O5. The maximum absolute atomic E-state index is 12.3. The molecule has 0 aliphatic heterocycles. The fourth-order valence-corrected chi connectivity index (χ4v) is 12.3. The van der Waals surface area contributed by atoms with E-state index in [0.717, 1.165) is 116 Å². The van der Waals surface area contributed by atoms with E-state index in [4.69, 9.17) is 68.3 Å². The third kappa shape index (κ3) is 26.6. The van der Waals surface area contributed by atoms with Gasteiger partial charge in [0, 0.05) is 52.1 Å². The molecule has 0 spiro atoms. The van der Waals surface area contributed by atoms with Crippen LogP contribution < -0.4 is 33.8 Å². The van der Waals surface area contributed by atoms with Crippen molar-refractivity contribution in [2.75, 3.05) is 56.1 Å². The number of rotatable bonds is 19. The normalized spacial score (nSPS) is 11.4. The number of benzene rings is 10. The second-order valence-corrected chi connectivity index (χ2v) is 32.4. The van der Waals surface area contributed by atoms with Crippen LogP contribution in [0.3, 0.4) is 0 Å². The fraction of sp³-hybridized carbons (Fsp3) is 0.228. The number of primary amides is 1. The van der Waals surface area contributed by atoms with E-state index in [1.165, 1.54) is 41.6 Å². The molecule has 0 aliphatic rings. The number of carbonyl (C=O) groups is 3. The monoisotopic (exact) mass is 1740 g/mol. The SMILES string of the molecule is CCN(CC)CCCC(C)N.CCN(CC)CCCC(C)Nc1nc(-c2ccc3ccccc3c2)nc2c(Br)cccc12.NC(=O)c1cccc(Br)c1N.Nc1c(Br)cccc1C(=O)O.O=Cc1ccc2ccccc2c1.O=c1[nH]c(-c2ccc3ccccc3c2)nc2c(Br)cccc12.[Cl][Fe]([Cl])[Cl]. The first-order valence-corrected chi connectivity index (χ1v) is 40.9. The molecule has 543 valence electrons. The number of aromatic amines is 1. The van der Waals surface area contributed by atoms with Gasteiger partial charge in [0.25, 0.3) is 11.5 Å². The van der Waals surface area contributed by atoms with Gasteiger partial charge in [-0.25, -0.2) is 19.7 Å². The zero-order valence-corrected chi connectivity index (χ0v) is 67.7. The number of nitrogen functional groups attached to an aromatic ring is 2. The topological polar surface area (TPSA) is 266 Å². The van der Waals surface area contributed by atoms with Crippen LogP contribution in [0, 0.1) is 0 Å². The molecule has 11 N–H and O–H groups in total. The van der Waals surface area contributed by atoms with Gasteiger partial charge in [-0.3, -0.25) is 14.4 Å². The first kappa shape index (κ1) is 84.6. The molecule has 1 amide bonds. The summed E-state index contributed by atoms with van der Waals surface area (Å²) in [6.45, 7) is 20.1. The molecule has 103 heavy (non-hydrogen) atoms. The van der Waals surface area contributed by atoms with Crippen molar-refractivity contribution in [2.24, 2.45) is 11.5 Å². The molecule has 2 unspecified atom stereocenters. The van der Waals surface area contributed by atoms with Gasteiger partial charge in [-0.15, -0.1) is 0 Å². The molecule has 0 aliphatic carbocycles. The summed E-state index contributed by atoms with van der Waals surface area (Å²) in [5, 5.41) is 20.9. The quantitative estimate of drug-likeness (QED) is 0.0226. The molecule has 12 aromatic rings. The number of aromatic carboxylic acids is 1. The molecule has 0 fully saturated rings. The van der Waals surface area contributed by atoms with Crippen molar-refractivity contribution in [1.82, 2.24) is 29.7 Å². The summed E-state index contributed by atoms with van der Waals surface area (Å²) in [6.07, 6.45) is 5.52. The average Bonchev–Trinajstić information content (AvgIpc) is 0.785. The Morgan fingerprint density at radius 1 is 0.553 bits per heavy atom. The van der Waals surface area contributed by atoms with Crippen molar-refractivity contribution >= 4 is 183 Å². The Balaban J connectivity index is 0.000000204. The van der Waals surface area contributed by atoms with E-state index >= 15 is 0 Å². The zero-order valence-electron chi connectivity index (χ0n) is 58.0. The van der Waals surface area contributed by atoms with Gasteiger partial charge < -0.3 is 48.1 Å². The van der Waals surface area contributed by atoms with E-state index in [9.17, 15) is 19.2 Å². The van der Waals surface area contributed by atoms with Crippen LogP contribution in [-0.4, -0.2) is 104 Å². The van der Waals surface area contributed by atoms with Gasteiger partial charge in [0.1, 0.15) is 17.9 Å². The standard InChI is InChI=1S/C27H31BrN4.C18H11BrN2O.C11H8O.C9H22N2.C7H7BrN2O.C7H6BrNO2.3ClH.Fe/c1-4-32(5-2)17-9-10-19(3)29-27-23-13-8-14-24(28)25(23)30-26(31-27)22-16-15-20-11-6-7-12-21(20)18-22;19-15-7-3-6-14-16(15)20-17(21-18(14)22)13-9-8-11-4-1-2-5-12(11)10-13;12-8-9-5-6-10-3-1-2-4-11(10)7-9;1-4-11(5-2)8-6-7-9(3)10;2*8-5-3-1-2-4(6(5)9)7(10)11;;;;/h6-8,11-16,18-19H,4-5,9-10,17H2,1-3H3,(H,29,30,31);1-10H,(H,20,21,22);1-8H;9H,4-8,10H2,1-3H3;1-3H,9H2,(H2,10,11);1-3H,9H2,(H,10,11);3*1H;/q;;;;;;;;;+3/p-3. The van der Waals surface area contributed by atoms with Gasteiger partial charge in [-0.1, -0.05) is 161 Å². The Bertz CT molecular complexity index is 4760. The summed E-state index contributed by atoms with van der Waals surface area (Å²) in [5.41, 5.74) is 26.9. The number of fused-ring (bicyclic) bond motifs is 5. The van der Waals surface area contributed by atoms with Crippen LogP contribution in [0.25, 0.3) is 76.9 Å². The number of nitrogens with one attached hydrogen (secondary N) is 2. The molecule has 2 aromatic heterocycles. The number of amides is 1. The molecule has 24 heteroatoms. The maximum atomic E-state index is 12.3. The number of halogens is 7. The van der Waals surface area contributed by atoms with Gasteiger partial charge >= 0.3 is 47.4 Å². The minimum absolute atomic E-state index is 0.124. The first-order valence-electron chi connectivity index (χ1n) is 33.2. The van der Waals surface area contributed by atoms with E-state index < -0.39 is 23.0 Å². The molecule has 0 saturated heterocycles. The van der Waals surface area contributed by atoms with Crippen molar-refractivity contribution in [3.63, 3.8) is 0 Å². The van der Waals surface area contributed by atoms with Crippen molar-refractivity contribution in [3.8, 4) is 22.8 Å². The number of carbonyl (C=O) groups excluding carboxylic acids is 2. The van der Waals surface area contributed by atoms with Crippen molar-refractivity contribution < 1.29 is 30.7 Å². The Morgan fingerprint density at radius 2 is 0.981 bits per heavy atom.